The maximum atomic E-state index is 11.8. The number of anilines is 1. The molecule has 0 spiro atoms. The van der Waals surface area contributed by atoms with Gasteiger partial charge < -0.3 is 10.6 Å². The molecule has 1 atom stereocenters. The summed E-state index contributed by atoms with van der Waals surface area (Å²) in [5, 5.41) is 9.07. The molecule has 0 fully saturated rings. The van der Waals surface area contributed by atoms with Crippen molar-refractivity contribution in [2.24, 2.45) is 0 Å². The Kier molecular flexibility index (Phi) is 6.18. The van der Waals surface area contributed by atoms with Gasteiger partial charge in [-0.2, -0.15) is 0 Å². The minimum atomic E-state index is -0.444. The molecule has 21 heavy (non-hydrogen) atoms. The third-order valence-electron chi connectivity index (χ3n) is 2.59. The van der Waals surface area contributed by atoms with Crippen molar-refractivity contribution >= 4 is 29.1 Å². The molecule has 0 radical (unpaired) electrons. The van der Waals surface area contributed by atoms with E-state index >= 15 is 0 Å². The first-order chi connectivity index (χ1) is 9.67. The second kappa shape index (κ2) is 7.43. The van der Waals surface area contributed by atoms with Crippen LogP contribution in [0.25, 0.3) is 0 Å². The van der Waals surface area contributed by atoms with E-state index in [2.05, 4.69) is 16.0 Å². The Balaban J connectivity index is 2.38. The molecule has 6 heteroatoms. The van der Waals surface area contributed by atoms with Gasteiger partial charge in [0.2, 0.25) is 11.8 Å². The van der Waals surface area contributed by atoms with Crippen LogP contribution in [0.1, 0.15) is 27.7 Å². The molecule has 1 rings (SSSR count). The lowest BCUT2D eigenvalue weighted by atomic mass is 10.1. The van der Waals surface area contributed by atoms with Gasteiger partial charge in [-0.15, -0.1) is 0 Å². The van der Waals surface area contributed by atoms with E-state index in [0.717, 1.165) is 0 Å². The van der Waals surface area contributed by atoms with Crippen molar-refractivity contribution in [3.8, 4) is 0 Å². The van der Waals surface area contributed by atoms with Gasteiger partial charge in [0, 0.05) is 16.2 Å². The SMILES string of the molecule is CC(NCC(=O)Nc1ccc(Cl)cc1)C(=O)NC(C)(C)C. The van der Waals surface area contributed by atoms with E-state index in [9.17, 15) is 9.59 Å². The summed E-state index contributed by atoms with van der Waals surface area (Å²) in [6.07, 6.45) is 0. The van der Waals surface area contributed by atoms with Gasteiger partial charge in [-0.05, 0) is 52.0 Å². The fourth-order valence-electron chi connectivity index (χ4n) is 1.55. The Bertz CT molecular complexity index is 495. The molecule has 0 heterocycles. The standard InChI is InChI=1S/C15H22ClN3O2/c1-10(14(21)19-15(2,3)4)17-9-13(20)18-12-7-5-11(16)6-8-12/h5-8,10,17H,9H2,1-4H3,(H,18,20)(H,19,21). The summed E-state index contributed by atoms with van der Waals surface area (Å²) < 4.78 is 0. The number of carbonyl (C=O) groups excluding carboxylic acids is 2. The Morgan fingerprint density at radius 2 is 1.76 bits per heavy atom. The third kappa shape index (κ3) is 7.11. The van der Waals surface area contributed by atoms with Crippen molar-refractivity contribution in [1.29, 1.82) is 0 Å². The minimum Gasteiger partial charge on any atom is -0.350 e. The topological polar surface area (TPSA) is 70.2 Å². The maximum absolute atomic E-state index is 11.8. The van der Waals surface area contributed by atoms with Crippen LogP contribution >= 0.6 is 11.6 Å². The molecule has 0 aliphatic rings. The highest BCUT2D eigenvalue weighted by atomic mass is 35.5. The molecule has 0 aromatic heterocycles. The van der Waals surface area contributed by atoms with Crippen LogP contribution in [0.5, 0.6) is 0 Å². The molecule has 5 nitrogen and oxygen atoms in total. The zero-order valence-electron chi connectivity index (χ0n) is 12.8. The second-order valence-electron chi connectivity index (χ2n) is 5.90. The van der Waals surface area contributed by atoms with E-state index in [1.165, 1.54) is 0 Å². The molecule has 3 N–H and O–H groups in total. The zero-order chi connectivity index (χ0) is 16.0. The molecule has 0 bridgehead atoms. The number of halogens is 1. The summed E-state index contributed by atoms with van der Waals surface area (Å²) in [5.41, 5.74) is 0.372. The smallest absolute Gasteiger partial charge is 0.238 e. The van der Waals surface area contributed by atoms with Crippen LogP contribution in [0.2, 0.25) is 5.02 Å². The van der Waals surface area contributed by atoms with Crippen LogP contribution in [0, 0.1) is 0 Å². The molecule has 0 saturated heterocycles. The van der Waals surface area contributed by atoms with Gasteiger partial charge in [0.25, 0.3) is 0 Å². The van der Waals surface area contributed by atoms with Crippen molar-refractivity contribution in [3.05, 3.63) is 29.3 Å². The molecule has 1 aromatic rings. The van der Waals surface area contributed by atoms with Crippen LogP contribution in [-0.4, -0.2) is 29.9 Å². The lowest BCUT2D eigenvalue weighted by Gasteiger charge is -2.23. The van der Waals surface area contributed by atoms with E-state index in [0.29, 0.717) is 10.7 Å². The van der Waals surface area contributed by atoms with Crippen molar-refractivity contribution in [1.82, 2.24) is 10.6 Å². The summed E-state index contributed by atoms with van der Waals surface area (Å²) in [7, 11) is 0. The highest BCUT2D eigenvalue weighted by molar-refractivity contribution is 6.30. The summed E-state index contributed by atoms with van der Waals surface area (Å²) in [6, 6.07) is 6.39. The lowest BCUT2D eigenvalue weighted by Crippen LogP contribution is -2.50. The molecular weight excluding hydrogens is 290 g/mol. The van der Waals surface area contributed by atoms with Crippen LogP contribution < -0.4 is 16.0 Å². The number of benzene rings is 1. The van der Waals surface area contributed by atoms with Gasteiger partial charge in [-0.3, -0.25) is 14.9 Å². The first kappa shape index (κ1) is 17.5. The molecule has 1 unspecified atom stereocenters. The van der Waals surface area contributed by atoms with Gasteiger partial charge in [-0.25, -0.2) is 0 Å². The van der Waals surface area contributed by atoms with E-state index in [1.54, 1.807) is 31.2 Å². The van der Waals surface area contributed by atoms with Crippen molar-refractivity contribution in [2.45, 2.75) is 39.3 Å². The summed E-state index contributed by atoms with van der Waals surface area (Å²) in [6.45, 7) is 7.50. The molecule has 0 saturated carbocycles. The molecule has 2 amide bonds. The average molecular weight is 312 g/mol. The van der Waals surface area contributed by atoms with Gasteiger partial charge in [0.05, 0.1) is 12.6 Å². The highest BCUT2D eigenvalue weighted by Gasteiger charge is 2.19. The van der Waals surface area contributed by atoms with Gasteiger partial charge in [0.15, 0.2) is 0 Å². The zero-order valence-corrected chi connectivity index (χ0v) is 13.5. The largest absolute Gasteiger partial charge is 0.350 e. The Morgan fingerprint density at radius 3 is 2.29 bits per heavy atom. The molecule has 0 aliphatic heterocycles. The van der Waals surface area contributed by atoms with Gasteiger partial charge in [-0.1, -0.05) is 11.6 Å². The Labute approximate surface area is 130 Å². The number of hydrogen-bond acceptors (Lipinski definition) is 3. The number of nitrogens with one attached hydrogen (secondary N) is 3. The number of amides is 2. The predicted molar refractivity (Wildman–Crippen MR) is 85.4 cm³/mol. The molecule has 116 valence electrons. The molecule has 0 aliphatic carbocycles. The minimum absolute atomic E-state index is 0.0569. The number of carbonyl (C=O) groups is 2. The number of rotatable bonds is 5. The quantitative estimate of drug-likeness (QED) is 0.780. The fraction of sp³-hybridized carbons (Fsp3) is 0.467. The second-order valence-corrected chi connectivity index (χ2v) is 6.33. The monoisotopic (exact) mass is 311 g/mol. The van der Waals surface area contributed by atoms with Crippen LogP contribution in [0.15, 0.2) is 24.3 Å². The van der Waals surface area contributed by atoms with Crippen molar-refractivity contribution in [3.63, 3.8) is 0 Å². The molecular formula is C15H22ClN3O2. The van der Waals surface area contributed by atoms with Crippen LogP contribution in [0.4, 0.5) is 5.69 Å². The van der Waals surface area contributed by atoms with Crippen molar-refractivity contribution in [2.75, 3.05) is 11.9 Å². The van der Waals surface area contributed by atoms with E-state index in [-0.39, 0.29) is 23.9 Å². The van der Waals surface area contributed by atoms with Crippen LogP contribution in [0.3, 0.4) is 0 Å². The normalized spacial score (nSPS) is 12.6. The summed E-state index contributed by atoms with van der Waals surface area (Å²) in [5.74, 6) is -0.352. The van der Waals surface area contributed by atoms with E-state index < -0.39 is 6.04 Å². The lowest BCUT2D eigenvalue weighted by molar-refractivity contribution is -0.124. The fourth-order valence-corrected chi connectivity index (χ4v) is 1.68. The van der Waals surface area contributed by atoms with Crippen LogP contribution in [-0.2, 0) is 9.59 Å². The first-order valence-corrected chi connectivity index (χ1v) is 7.16. The molecule has 1 aromatic carbocycles. The maximum Gasteiger partial charge on any atom is 0.238 e. The highest BCUT2D eigenvalue weighted by Crippen LogP contribution is 2.12. The Morgan fingerprint density at radius 1 is 1.19 bits per heavy atom. The van der Waals surface area contributed by atoms with Gasteiger partial charge in [0.1, 0.15) is 0 Å². The van der Waals surface area contributed by atoms with Crippen molar-refractivity contribution < 1.29 is 9.59 Å². The summed E-state index contributed by atoms with van der Waals surface area (Å²) in [4.78, 5) is 23.6. The van der Waals surface area contributed by atoms with E-state index in [1.807, 2.05) is 20.8 Å². The van der Waals surface area contributed by atoms with E-state index in [4.69, 9.17) is 11.6 Å². The predicted octanol–water partition coefficient (Wildman–Crippen LogP) is 2.17. The van der Waals surface area contributed by atoms with Gasteiger partial charge >= 0.3 is 0 Å². The average Bonchev–Trinajstić information content (AvgIpc) is 2.36. The number of hydrogen-bond donors (Lipinski definition) is 3. The Hall–Kier alpha value is -1.59. The first-order valence-electron chi connectivity index (χ1n) is 6.78. The summed E-state index contributed by atoms with van der Waals surface area (Å²) >= 11 is 5.77. The third-order valence-corrected chi connectivity index (χ3v) is 2.84.